The molecule has 1 heterocycles. The Labute approximate surface area is 118 Å². The van der Waals surface area contributed by atoms with Crippen molar-refractivity contribution in [1.82, 2.24) is 0 Å². The summed E-state index contributed by atoms with van der Waals surface area (Å²) in [6, 6.07) is 9.22. The zero-order valence-electron chi connectivity index (χ0n) is 12.5. The van der Waals surface area contributed by atoms with Crippen molar-refractivity contribution in [1.29, 1.82) is 0 Å². The molecule has 0 unspecified atom stereocenters. The molecule has 0 radical (unpaired) electrons. The summed E-state index contributed by atoms with van der Waals surface area (Å²) in [6.45, 7) is 7.25. The van der Waals surface area contributed by atoms with Gasteiger partial charge in [-0.3, -0.25) is 0 Å². The second-order valence-electron chi connectivity index (χ2n) is 6.94. The highest BCUT2D eigenvalue weighted by Crippen LogP contribution is 2.55. The quantitative estimate of drug-likeness (QED) is 0.752. The molecule has 0 bridgehead atoms. The Morgan fingerprint density at radius 1 is 1.05 bits per heavy atom. The predicted molar refractivity (Wildman–Crippen MR) is 82.9 cm³/mol. The van der Waals surface area contributed by atoms with Crippen LogP contribution < -0.4 is 4.90 Å². The summed E-state index contributed by atoms with van der Waals surface area (Å²) in [5.74, 6) is 0.803. The maximum Gasteiger partial charge on any atom is 0.0404 e. The Hall–Kier alpha value is -0.980. The molecule has 1 saturated heterocycles. The lowest BCUT2D eigenvalue weighted by Gasteiger charge is -2.33. The van der Waals surface area contributed by atoms with Gasteiger partial charge in [-0.15, -0.1) is 0 Å². The van der Waals surface area contributed by atoms with Crippen molar-refractivity contribution in [3.05, 3.63) is 29.8 Å². The van der Waals surface area contributed by atoms with Crippen molar-refractivity contribution >= 4 is 5.69 Å². The second-order valence-corrected chi connectivity index (χ2v) is 6.94. The maximum atomic E-state index is 2.64. The number of anilines is 1. The van der Waals surface area contributed by atoms with Crippen LogP contribution in [0.1, 0.15) is 57.9 Å². The SMILES string of the molecule is CC(C)CC1(c2ccccc2N2CCCCC2)CC1. The number of nitrogens with zero attached hydrogens (tertiary/aromatic N) is 1. The van der Waals surface area contributed by atoms with E-state index in [0.717, 1.165) is 5.92 Å². The first kappa shape index (κ1) is 13.0. The largest absolute Gasteiger partial charge is 0.371 e. The molecular formula is C18H27N. The van der Waals surface area contributed by atoms with Crippen LogP contribution in [0.25, 0.3) is 0 Å². The van der Waals surface area contributed by atoms with E-state index < -0.39 is 0 Å². The van der Waals surface area contributed by atoms with Gasteiger partial charge in [-0.05, 0) is 61.5 Å². The lowest BCUT2D eigenvalue weighted by Crippen LogP contribution is -2.31. The Kier molecular flexibility index (Phi) is 3.56. The average molecular weight is 257 g/mol. The van der Waals surface area contributed by atoms with Gasteiger partial charge in [-0.2, -0.15) is 0 Å². The second kappa shape index (κ2) is 5.19. The van der Waals surface area contributed by atoms with Crippen molar-refractivity contribution in [2.24, 2.45) is 5.92 Å². The third-order valence-corrected chi connectivity index (χ3v) is 4.82. The summed E-state index contributed by atoms with van der Waals surface area (Å²) in [7, 11) is 0. The molecule has 0 aromatic heterocycles. The summed E-state index contributed by atoms with van der Waals surface area (Å²) in [5, 5.41) is 0. The van der Waals surface area contributed by atoms with Crippen LogP contribution in [0.3, 0.4) is 0 Å². The molecule has 3 rings (SSSR count). The van der Waals surface area contributed by atoms with Gasteiger partial charge in [-0.25, -0.2) is 0 Å². The van der Waals surface area contributed by atoms with Gasteiger partial charge in [-0.1, -0.05) is 32.0 Å². The van der Waals surface area contributed by atoms with Crippen molar-refractivity contribution < 1.29 is 0 Å². The Balaban J connectivity index is 1.89. The minimum absolute atomic E-state index is 0.516. The topological polar surface area (TPSA) is 3.24 Å². The van der Waals surface area contributed by atoms with E-state index in [2.05, 4.69) is 43.0 Å². The minimum Gasteiger partial charge on any atom is -0.371 e. The fourth-order valence-electron chi connectivity index (χ4n) is 3.85. The van der Waals surface area contributed by atoms with Gasteiger partial charge in [0.05, 0.1) is 0 Å². The lowest BCUT2D eigenvalue weighted by atomic mass is 9.85. The highest BCUT2D eigenvalue weighted by Gasteiger charge is 2.46. The van der Waals surface area contributed by atoms with Crippen molar-refractivity contribution in [2.45, 2.75) is 57.8 Å². The van der Waals surface area contributed by atoms with Gasteiger partial charge in [0.2, 0.25) is 0 Å². The normalized spacial score (nSPS) is 21.7. The smallest absolute Gasteiger partial charge is 0.0404 e. The van der Waals surface area contributed by atoms with E-state index in [1.807, 2.05) is 0 Å². The van der Waals surface area contributed by atoms with Gasteiger partial charge < -0.3 is 4.90 Å². The Morgan fingerprint density at radius 2 is 1.74 bits per heavy atom. The minimum atomic E-state index is 0.516. The molecule has 0 atom stereocenters. The van der Waals surface area contributed by atoms with E-state index in [1.54, 1.807) is 11.3 Å². The molecule has 1 saturated carbocycles. The zero-order valence-corrected chi connectivity index (χ0v) is 12.5. The molecule has 0 N–H and O–H groups in total. The molecule has 0 spiro atoms. The number of hydrogen-bond donors (Lipinski definition) is 0. The fourth-order valence-corrected chi connectivity index (χ4v) is 3.85. The van der Waals surface area contributed by atoms with Crippen LogP contribution >= 0.6 is 0 Å². The molecule has 2 aliphatic rings. The number of rotatable bonds is 4. The summed E-state index contributed by atoms with van der Waals surface area (Å²) >= 11 is 0. The molecule has 2 fully saturated rings. The van der Waals surface area contributed by atoms with Gasteiger partial charge in [0.25, 0.3) is 0 Å². The van der Waals surface area contributed by atoms with Crippen LogP contribution in [-0.4, -0.2) is 13.1 Å². The van der Waals surface area contributed by atoms with Crippen LogP contribution in [0.2, 0.25) is 0 Å². The molecule has 1 aliphatic carbocycles. The van der Waals surface area contributed by atoms with E-state index in [1.165, 1.54) is 51.6 Å². The van der Waals surface area contributed by atoms with E-state index in [-0.39, 0.29) is 0 Å². The van der Waals surface area contributed by atoms with Crippen molar-refractivity contribution in [3.63, 3.8) is 0 Å². The number of piperidine rings is 1. The van der Waals surface area contributed by atoms with Gasteiger partial charge in [0.1, 0.15) is 0 Å². The lowest BCUT2D eigenvalue weighted by molar-refractivity contribution is 0.484. The van der Waals surface area contributed by atoms with Crippen LogP contribution in [0.5, 0.6) is 0 Å². The number of para-hydroxylation sites is 1. The van der Waals surface area contributed by atoms with Crippen LogP contribution in [0, 0.1) is 5.92 Å². The van der Waals surface area contributed by atoms with Crippen LogP contribution in [-0.2, 0) is 5.41 Å². The molecule has 0 amide bonds. The van der Waals surface area contributed by atoms with Crippen molar-refractivity contribution in [3.8, 4) is 0 Å². The van der Waals surface area contributed by atoms with E-state index >= 15 is 0 Å². The standard InChI is InChI=1S/C18H27N/c1-15(2)14-18(10-11-18)16-8-4-5-9-17(16)19-12-6-3-7-13-19/h4-5,8-9,15H,3,6-7,10-14H2,1-2H3. The molecule has 104 valence electrons. The van der Waals surface area contributed by atoms with E-state index in [0.29, 0.717) is 5.41 Å². The predicted octanol–water partition coefficient (Wildman–Crippen LogP) is 4.75. The summed E-state index contributed by atoms with van der Waals surface area (Å²) in [5.41, 5.74) is 3.70. The third kappa shape index (κ3) is 2.66. The Bertz CT molecular complexity index is 425. The van der Waals surface area contributed by atoms with Crippen molar-refractivity contribution in [2.75, 3.05) is 18.0 Å². The van der Waals surface area contributed by atoms with Gasteiger partial charge >= 0.3 is 0 Å². The monoisotopic (exact) mass is 257 g/mol. The highest BCUT2D eigenvalue weighted by atomic mass is 15.1. The van der Waals surface area contributed by atoms with E-state index in [9.17, 15) is 0 Å². The summed E-state index contributed by atoms with van der Waals surface area (Å²) < 4.78 is 0. The van der Waals surface area contributed by atoms with Crippen LogP contribution in [0.4, 0.5) is 5.69 Å². The van der Waals surface area contributed by atoms with Crippen LogP contribution in [0.15, 0.2) is 24.3 Å². The molecule has 19 heavy (non-hydrogen) atoms. The first-order valence-corrected chi connectivity index (χ1v) is 8.06. The van der Waals surface area contributed by atoms with E-state index in [4.69, 9.17) is 0 Å². The molecule has 1 aliphatic heterocycles. The molecule has 1 aromatic rings. The third-order valence-electron chi connectivity index (χ3n) is 4.82. The first-order valence-electron chi connectivity index (χ1n) is 8.06. The molecule has 1 heteroatoms. The molecule has 1 nitrogen and oxygen atoms in total. The maximum absolute atomic E-state index is 2.64. The zero-order chi connectivity index (χ0) is 13.3. The number of benzene rings is 1. The first-order chi connectivity index (χ1) is 9.21. The summed E-state index contributed by atoms with van der Waals surface area (Å²) in [6.07, 6.45) is 8.30. The molecular weight excluding hydrogens is 230 g/mol. The van der Waals surface area contributed by atoms with Gasteiger partial charge in [0, 0.05) is 18.8 Å². The Morgan fingerprint density at radius 3 is 2.37 bits per heavy atom. The number of hydrogen-bond acceptors (Lipinski definition) is 1. The van der Waals surface area contributed by atoms with Gasteiger partial charge in [0.15, 0.2) is 0 Å². The molecule has 1 aromatic carbocycles. The average Bonchev–Trinajstić information content (AvgIpc) is 3.20. The fraction of sp³-hybridized carbons (Fsp3) is 0.667. The highest BCUT2D eigenvalue weighted by molar-refractivity contribution is 5.58. The summed E-state index contributed by atoms with van der Waals surface area (Å²) in [4.78, 5) is 2.64.